The summed E-state index contributed by atoms with van der Waals surface area (Å²) < 4.78 is 11.5. The van der Waals surface area contributed by atoms with Gasteiger partial charge in [-0.1, -0.05) is 0 Å². The van der Waals surface area contributed by atoms with Gasteiger partial charge in [-0.2, -0.15) is 0 Å². The fourth-order valence-electron chi connectivity index (χ4n) is 1.42. The number of nitrogens with one attached hydrogen (secondary N) is 1. The summed E-state index contributed by atoms with van der Waals surface area (Å²) in [5, 5.41) is 3.07. The molecule has 2 rings (SSSR count). The maximum Gasteiger partial charge on any atom is 0.187 e. The van der Waals surface area contributed by atoms with Crippen LogP contribution in [-0.2, 0) is 0 Å². The van der Waals surface area contributed by atoms with E-state index in [9.17, 15) is 0 Å². The Morgan fingerprint density at radius 2 is 2.12 bits per heavy atom. The SMILES string of the molecule is CNc1cncc(OC(C)C)c1OC1CC1. The van der Waals surface area contributed by atoms with E-state index in [1.165, 1.54) is 0 Å². The van der Waals surface area contributed by atoms with E-state index < -0.39 is 0 Å². The molecule has 1 fully saturated rings. The lowest BCUT2D eigenvalue weighted by Crippen LogP contribution is -2.09. The minimum Gasteiger partial charge on any atom is -0.485 e. The normalized spacial score (nSPS) is 15.0. The molecule has 0 aromatic carbocycles. The van der Waals surface area contributed by atoms with Crippen LogP contribution >= 0.6 is 0 Å². The average molecular weight is 222 g/mol. The Morgan fingerprint density at radius 3 is 2.69 bits per heavy atom. The number of nitrogens with zero attached hydrogens (tertiary/aromatic N) is 1. The maximum atomic E-state index is 5.85. The standard InChI is InChI=1S/C12H18N2O2/c1-8(2)15-11-7-14-6-10(13-3)12(11)16-9-4-5-9/h6-9,13H,4-5H2,1-3H3. The average Bonchev–Trinajstić information content (AvgIpc) is 3.03. The maximum absolute atomic E-state index is 5.85. The largest absolute Gasteiger partial charge is 0.485 e. The van der Waals surface area contributed by atoms with Gasteiger partial charge in [-0.3, -0.25) is 4.98 Å². The highest BCUT2D eigenvalue weighted by Gasteiger charge is 2.26. The van der Waals surface area contributed by atoms with Crippen molar-refractivity contribution in [2.24, 2.45) is 0 Å². The molecule has 4 nitrogen and oxygen atoms in total. The number of ether oxygens (including phenoxy) is 2. The van der Waals surface area contributed by atoms with Crippen molar-refractivity contribution in [2.45, 2.75) is 38.9 Å². The van der Waals surface area contributed by atoms with Gasteiger partial charge in [0.05, 0.1) is 30.3 Å². The van der Waals surface area contributed by atoms with Gasteiger partial charge in [0.1, 0.15) is 0 Å². The number of hydrogen-bond acceptors (Lipinski definition) is 4. The highest BCUT2D eigenvalue weighted by atomic mass is 16.5. The first kappa shape index (κ1) is 11.0. The van der Waals surface area contributed by atoms with Gasteiger partial charge in [0.15, 0.2) is 11.5 Å². The Bertz CT molecular complexity index is 362. The van der Waals surface area contributed by atoms with Gasteiger partial charge in [0.2, 0.25) is 0 Å². The number of anilines is 1. The summed E-state index contributed by atoms with van der Waals surface area (Å²) in [6, 6.07) is 0. The van der Waals surface area contributed by atoms with E-state index in [4.69, 9.17) is 9.47 Å². The van der Waals surface area contributed by atoms with E-state index in [0.29, 0.717) is 11.9 Å². The monoisotopic (exact) mass is 222 g/mol. The first-order valence-electron chi connectivity index (χ1n) is 5.69. The van der Waals surface area contributed by atoms with Crippen LogP contribution in [0.2, 0.25) is 0 Å². The molecule has 1 aliphatic rings. The van der Waals surface area contributed by atoms with Crippen LogP contribution in [0.1, 0.15) is 26.7 Å². The van der Waals surface area contributed by atoms with Crippen molar-refractivity contribution in [2.75, 3.05) is 12.4 Å². The summed E-state index contributed by atoms with van der Waals surface area (Å²) in [7, 11) is 1.86. The Kier molecular flexibility index (Phi) is 3.17. The van der Waals surface area contributed by atoms with Gasteiger partial charge in [-0.15, -0.1) is 0 Å². The second-order valence-electron chi connectivity index (χ2n) is 4.25. The lowest BCUT2D eigenvalue weighted by atomic mass is 10.3. The van der Waals surface area contributed by atoms with Crippen LogP contribution in [0, 0.1) is 0 Å². The van der Waals surface area contributed by atoms with E-state index >= 15 is 0 Å². The minimum atomic E-state index is 0.121. The predicted octanol–water partition coefficient (Wildman–Crippen LogP) is 2.45. The third-order valence-corrected chi connectivity index (χ3v) is 2.30. The highest BCUT2D eigenvalue weighted by Crippen LogP contribution is 2.38. The molecule has 88 valence electrons. The summed E-state index contributed by atoms with van der Waals surface area (Å²) >= 11 is 0. The Hall–Kier alpha value is -1.45. The zero-order valence-corrected chi connectivity index (χ0v) is 9.99. The summed E-state index contributed by atoms with van der Waals surface area (Å²) in [6.07, 6.45) is 6.20. The molecule has 1 aromatic rings. The Labute approximate surface area is 96.0 Å². The number of hydrogen-bond donors (Lipinski definition) is 1. The molecule has 1 aromatic heterocycles. The van der Waals surface area contributed by atoms with Gasteiger partial charge in [-0.05, 0) is 26.7 Å². The van der Waals surface area contributed by atoms with Crippen LogP contribution in [-0.4, -0.2) is 24.2 Å². The van der Waals surface area contributed by atoms with Gasteiger partial charge < -0.3 is 14.8 Å². The topological polar surface area (TPSA) is 43.4 Å². The summed E-state index contributed by atoms with van der Waals surface area (Å²) in [4.78, 5) is 4.13. The van der Waals surface area contributed by atoms with Crippen LogP contribution in [0.3, 0.4) is 0 Å². The predicted molar refractivity (Wildman–Crippen MR) is 63.2 cm³/mol. The summed E-state index contributed by atoms with van der Waals surface area (Å²) in [6.45, 7) is 3.99. The first-order chi connectivity index (χ1) is 7.70. The molecule has 1 heterocycles. The smallest absolute Gasteiger partial charge is 0.187 e. The molecule has 0 unspecified atom stereocenters. The fraction of sp³-hybridized carbons (Fsp3) is 0.583. The molecule has 1 saturated carbocycles. The molecular formula is C12H18N2O2. The molecule has 16 heavy (non-hydrogen) atoms. The van der Waals surface area contributed by atoms with E-state index in [1.54, 1.807) is 12.4 Å². The molecule has 0 bridgehead atoms. The lowest BCUT2D eigenvalue weighted by Gasteiger charge is -2.17. The number of pyridine rings is 1. The van der Waals surface area contributed by atoms with Crippen LogP contribution in [0.5, 0.6) is 11.5 Å². The first-order valence-corrected chi connectivity index (χ1v) is 5.69. The second kappa shape index (κ2) is 4.60. The van der Waals surface area contributed by atoms with Crippen molar-refractivity contribution >= 4 is 5.69 Å². The molecule has 0 amide bonds. The quantitative estimate of drug-likeness (QED) is 0.831. The van der Waals surface area contributed by atoms with Gasteiger partial charge in [0.25, 0.3) is 0 Å². The minimum absolute atomic E-state index is 0.121. The second-order valence-corrected chi connectivity index (χ2v) is 4.25. The van der Waals surface area contributed by atoms with Crippen LogP contribution < -0.4 is 14.8 Å². The summed E-state index contributed by atoms with van der Waals surface area (Å²) in [5.74, 6) is 1.50. The van der Waals surface area contributed by atoms with Crippen molar-refractivity contribution in [3.8, 4) is 11.5 Å². The molecule has 0 saturated heterocycles. The van der Waals surface area contributed by atoms with E-state index in [1.807, 2.05) is 20.9 Å². The van der Waals surface area contributed by atoms with Crippen LogP contribution in [0.4, 0.5) is 5.69 Å². The third kappa shape index (κ3) is 2.56. The zero-order valence-electron chi connectivity index (χ0n) is 9.99. The molecule has 0 spiro atoms. The molecule has 1 aliphatic carbocycles. The summed E-state index contributed by atoms with van der Waals surface area (Å²) in [5.41, 5.74) is 0.880. The van der Waals surface area contributed by atoms with E-state index in [-0.39, 0.29) is 6.10 Å². The third-order valence-electron chi connectivity index (χ3n) is 2.30. The molecule has 0 atom stereocenters. The van der Waals surface area contributed by atoms with Crippen molar-refractivity contribution in [3.63, 3.8) is 0 Å². The molecule has 0 aliphatic heterocycles. The lowest BCUT2D eigenvalue weighted by molar-refractivity contribution is 0.217. The van der Waals surface area contributed by atoms with Gasteiger partial charge >= 0.3 is 0 Å². The fourth-order valence-corrected chi connectivity index (χ4v) is 1.42. The van der Waals surface area contributed by atoms with Crippen molar-refractivity contribution < 1.29 is 9.47 Å². The Morgan fingerprint density at radius 1 is 1.38 bits per heavy atom. The molecule has 1 N–H and O–H groups in total. The van der Waals surface area contributed by atoms with E-state index in [2.05, 4.69) is 10.3 Å². The van der Waals surface area contributed by atoms with Crippen molar-refractivity contribution in [3.05, 3.63) is 12.4 Å². The Balaban J connectivity index is 2.25. The highest BCUT2D eigenvalue weighted by molar-refractivity contribution is 5.61. The van der Waals surface area contributed by atoms with Gasteiger partial charge in [-0.25, -0.2) is 0 Å². The van der Waals surface area contributed by atoms with Gasteiger partial charge in [0, 0.05) is 7.05 Å². The number of aromatic nitrogens is 1. The number of rotatable bonds is 5. The molecule has 4 heteroatoms. The van der Waals surface area contributed by atoms with Crippen LogP contribution in [0.15, 0.2) is 12.4 Å². The van der Waals surface area contributed by atoms with Crippen molar-refractivity contribution in [1.82, 2.24) is 4.98 Å². The van der Waals surface area contributed by atoms with Crippen LogP contribution in [0.25, 0.3) is 0 Å². The molecular weight excluding hydrogens is 204 g/mol. The zero-order chi connectivity index (χ0) is 11.5. The molecule has 0 radical (unpaired) electrons. The van der Waals surface area contributed by atoms with E-state index in [0.717, 1.165) is 24.3 Å². The van der Waals surface area contributed by atoms with Crippen molar-refractivity contribution in [1.29, 1.82) is 0 Å².